The number of benzene rings is 1. The molecule has 1 rings (SSSR count). The number of nitrogen functional groups attached to an aromatic ring is 1. The van der Waals surface area contributed by atoms with Crippen LogP contribution in [0.4, 0.5) is 11.4 Å². The van der Waals surface area contributed by atoms with Crippen LogP contribution >= 0.6 is 11.6 Å². The van der Waals surface area contributed by atoms with Crippen LogP contribution < -0.4 is 16.4 Å². The number of halogens is 1. The number of nitrogens with two attached hydrogens (primary N) is 1. The van der Waals surface area contributed by atoms with Gasteiger partial charge in [-0.1, -0.05) is 11.6 Å². The van der Waals surface area contributed by atoms with Gasteiger partial charge in [0.15, 0.2) is 0 Å². The van der Waals surface area contributed by atoms with Crippen molar-refractivity contribution in [3.05, 3.63) is 23.2 Å². The third-order valence-electron chi connectivity index (χ3n) is 1.95. The fourth-order valence-corrected chi connectivity index (χ4v) is 1.37. The highest BCUT2D eigenvalue weighted by Gasteiger charge is 2.20. The molecule has 0 bridgehead atoms. The molecule has 0 aromatic heterocycles. The average molecular weight is 270 g/mol. The van der Waals surface area contributed by atoms with Crippen molar-refractivity contribution in [3.8, 4) is 0 Å². The van der Waals surface area contributed by atoms with Crippen LogP contribution in [0, 0.1) is 0 Å². The van der Waals surface area contributed by atoms with Gasteiger partial charge in [-0.2, -0.15) is 0 Å². The van der Waals surface area contributed by atoms with Crippen LogP contribution in [0.15, 0.2) is 18.2 Å². The van der Waals surface area contributed by atoms with Gasteiger partial charge in [0.1, 0.15) is 0 Å². The second kappa shape index (κ2) is 5.27. The van der Waals surface area contributed by atoms with Crippen LogP contribution in [0.5, 0.6) is 0 Å². The van der Waals surface area contributed by atoms with E-state index in [2.05, 4.69) is 10.6 Å². The summed E-state index contributed by atoms with van der Waals surface area (Å²) in [5.41, 5.74) is 5.90. The molecule has 18 heavy (non-hydrogen) atoms. The largest absolute Gasteiger partial charge is 0.398 e. The Labute approximate surface area is 111 Å². The second-order valence-corrected chi connectivity index (χ2v) is 5.30. The molecule has 6 heteroatoms. The highest BCUT2D eigenvalue weighted by Crippen LogP contribution is 2.22. The summed E-state index contributed by atoms with van der Waals surface area (Å²) in [5, 5.41) is 5.32. The standard InChI is InChI=1S/C12H16ClN3O2/c1-12(2,3)16-11(18)10(17)15-7-4-5-9(14)8(13)6-7/h4-6H,14H2,1-3H3,(H,15,17)(H,16,18). The van der Waals surface area contributed by atoms with Crippen LogP contribution in [0.25, 0.3) is 0 Å². The van der Waals surface area contributed by atoms with Gasteiger partial charge in [-0.3, -0.25) is 9.59 Å². The number of hydrogen-bond donors (Lipinski definition) is 3. The predicted octanol–water partition coefficient (Wildman–Crippen LogP) is 1.78. The van der Waals surface area contributed by atoms with Gasteiger partial charge >= 0.3 is 11.8 Å². The highest BCUT2D eigenvalue weighted by atomic mass is 35.5. The van der Waals surface area contributed by atoms with E-state index in [1.807, 2.05) is 0 Å². The fraction of sp³-hybridized carbons (Fsp3) is 0.333. The number of anilines is 2. The maximum absolute atomic E-state index is 11.6. The lowest BCUT2D eigenvalue weighted by atomic mass is 10.1. The zero-order valence-electron chi connectivity index (χ0n) is 10.5. The van der Waals surface area contributed by atoms with E-state index in [-0.39, 0.29) is 0 Å². The third-order valence-corrected chi connectivity index (χ3v) is 2.28. The molecular formula is C12H16ClN3O2. The van der Waals surface area contributed by atoms with Gasteiger partial charge in [0.05, 0.1) is 10.7 Å². The van der Waals surface area contributed by atoms with Crippen LogP contribution in [-0.4, -0.2) is 17.4 Å². The second-order valence-electron chi connectivity index (χ2n) is 4.89. The van der Waals surface area contributed by atoms with E-state index in [0.717, 1.165) is 0 Å². The van der Waals surface area contributed by atoms with E-state index >= 15 is 0 Å². The molecule has 98 valence electrons. The summed E-state index contributed by atoms with van der Waals surface area (Å²) in [6.07, 6.45) is 0. The van der Waals surface area contributed by atoms with Crippen LogP contribution in [0.3, 0.4) is 0 Å². The Morgan fingerprint density at radius 1 is 1.22 bits per heavy atom. The van der Waals surface area contributed by atoms with Gasteiger partial charge in [0, 0.05) is 11.2 Å². The lowest BCUT2D eigenvalue weighted by Crippen LogP contribution is -2.46. The Kier molecular flexibility index (Phi) is 4.19. The summed E-state index contributed by atoms with van der Waals surface area (Å²) < 4.78 is 0. The minimum atomic E-state index is -0.745. The lowest BCUT2D eigenvalue weighted by molar-refractivity contribution is -0.137. The first-order valence-corrected chi connectivity index (χ1v) is 5.75. The van der Waals surface area contributed by atoms with E-state index in [0.29, 0.717) is 16.4 Å². The molecule has 0 spiro atoms. The Balaban J connectivity index is 2.70. The maximum Gasteiger partial charge on any atom is 0.313 e. The fourth-order valence-electron chi connectivity index (χ4n) is 1.19. The number of amides is 2. The molecule has 0 fully saturated rings. The number of hydrogen-bond acceptors (Lipinski definition) is 3. The average Bonchev–Trinajstić information content (AvgIpc) is 2.21. The molecule has 0 atom stereocenters. The number of rotatable bonds is 1. The quantitative estimate of drug-likeness (QED) is 0.537. The van der Waals surface area contributed by atoms with Crippen molar-refractivity contribution < 1.29 is 9.59 Å². The van der Waals surface area contributed by atoms with Crippen LogP contribution in [0.1, 0.15) is 20.8 Å². The van der Waals surface area contributed by atoms with Gasteiger partial charge in [-0.05, 0) is 39.0 Å². The van der Waals surface area contributed by atoms with Crippen molar-refractivity contribution in [2.24, 2.45) is 0 Å². The molecule has 0 radical (unpaired) electrons. The van der Waals surface area contributed by atoms with Gasteiger partial charge in [0.25, 0.3) is 0 Å². The van der Waals surface area contributed by atoms with Crippen molar-refractivity contribution in [3.63, 3.8) is 0 Å². The minimum Gasteiger partial charge on any atom is -0.398 e. The van der Waals surface area contributed by atoms with Crippen molar-refractivity contribution in [1.29, 1.82) is 0 Å². The lowest BCUT2D eigenvalue weighted by Gasteiger charge is -2.19. The van der Waals surface area contributed by atoms with Crippen LogP contribution in [-0.2, 0) is 9.59 Å². The molecular weight excluding hydrogens is 254 g/mol. The summed E-state index contributed by atoms with van der Waals surface area (Å²) in [5.74, 6) is -1.44. The molecule has 5 nitrogen and oxygen atoms in total. The number of carbonyl (C=O) groups is 2. The molecule has 0 saturated carbocycles. The molecule has 1 aromatic rings. The van der Waals surface area contributed by atoms with Gasteiger partial charge in [-0.25, -0.2) is 0 Å². The van der Waals surface area contributed by atoms with Crippen molar-refractivity contribution >= 4 is 34.8 Å². The zero-order chi connectivity index (χ0) is 13.9. The van der Waals surface area contributed by atoms with Crippen molar-refractivity contribution in [2.75, 3.05) is 11.1 Å². The van der Waals surface area contributed by atoms with E-state index < -0.39 is 17.4 Å². The molecule has 4 N–H and O–H groups in total. The Morgan fingerprint density at radius 3 is 2.33 bits per heavy atom. The molecule has 0 aliphatic rings. The molecule has 0 heterocycles. The SMILES string of the molecule is CC(C)(C)NC(=O)C(=O)Nc1ccc(N)c(Cl)c1. The van der Waals surface area contributed by atoms with Gasteiger partial charge in [-0.15, -0.1) is 0 Å². The monoisotopic (exact) mass is 269 g/mol. The van der Waals surface area contributed by atoms with E-state index in [1.54, 1.807) is 32.9 Å². The molecule has 1 aromatic carbocycles. The Bertz CT molecular complexity index is 481. The van der Waals surface area contributed by atoms with Crippen molar-refractivity contribution in [1.82, 2.24) is 5.32 Å². The Hall–Kier alpha value is -1.75. The first-order valence-electron chi connectivity index (χ1n) is 5.37. The first kappa shape index (κ1) is 14.3. The normalized spacial score (nSPS) is 10.9. The predicted molar refractivity (Wildman–Crippen MR) is 72.4 cm³/mol. The number of nitrogens with one attached hydrogen (secondary N) is 2. The molecule has 0 aliphatic heterocycles. The van der Waals surface area contributed by atoms with Crippen LogP contribution in [0.2, 0.25) is 5.02 Å². The van der Waals surface area contributed by atoms with Crippen molar-refractivity contribution in [2.45, 2.75) is 26.3 Å². The smallest absolute Gasteiger partial charge is 0.313 e. The Morgan fingerprint density at radius 2 is 1.83 bits per heavy atom. The third kappa shape index (κ3) is 4.25. The summed E-state index contributed by atoms with van der Waals surface area (Å²) in [6.45, 7) is 5.37. The zero-order valence-corrected chi connectivity index (χ0v) is 11.3. The highest BCUT2D eigenvalue weighted by molar-refractivity contribution is 6.40. The molecule has 0 unspecified atom stereocenters. The topological polar surface area (TPSA) is 84.2 Å². The summed E-state index contributed by atoms with van der Waals surface area (Å²) in [4.78, 5) is 23.1. The number of carbonyl (C=O) groups excluding carboxylic acids is 2. The summed E-state index contributed by atoms with van der Waals surface area (Å²) in [6, 6.07) is 4.61. The van der Waals surface area contributed by atoms with E-state index in [1.165, 1.54) is 6.07 Å². The van der Waals surface area contributed by atoms with Gasteiger partial charge < -0.3 is 16.4 Å². The minimum absolute atomic E-state index is 0.323. The molecule has 0 aliphatic carbocycles. The summed E-state index contributed by atoms with van der Waals surface area (Å²) >= 11 is 5.81. The van der Waals surface area contributed by atoms with E-state index in [9.17, 15) is 9.59 Å². The first-order chi connectivity index (χ1) is 8.19. The van der Waals surface area contributed by atoms with Gasteiger partial charge in [0.2, 0.25) is 0 Å². The summed E-state index contributed by atoms with van der Waals surface area (Å²) in [7, 11) is 0. The molecule has 0 saturated heterocycles. The molecule has 2 amide bonds. The maximum atomic E-state index is 11.6. The van der Waals surface area contributed by atoms with E-state index in [4.69, 9.17) is 17.3 Å².